The summed E-state index contributed by atoms with van der Waals surface area (Å²) in [4.78, 5) is 6.99. The number of nitrogens with zero attached hydrogens (tertiary/aromatic N) is 2. The molecule has 1 aromatic heterocycles. The second-order valence-electron chi connectivity index (χ2n) is 6.85. The molecule has 2 atom stereocenters. The summed E-state index contributed by atoms with van der Waals surface area (Å²) in [6.45, 7) is 3.08. The first-order chi connectivity index (χ1) is 12.8. The van der Waals surface area contributed by atoms with Crippen LogP contribution in [0.15, 0.2) is 66.9 Å². The van der Waals surface area contributed by atoms with Gasteiger partial charge in [-0.25, -0.2) is 0 Å². The van der Waals surface area contributed by atoms with Crippen molar-refractivity contribution in [2.24, 2.45) is 0 Å². The highest BCUT2D eigenvalue weighted by Gasteiger charge is 2.26. The molecule has 0 saturated carbocycles. The summed E-state index contributed by atoms with van der Waals surface area (Å²) in [5.74, 6) is 0. The summed E-state index contributed by atoms with van der Waals surface area (Å²) < 4.78 is 5.71. The van der Waals surface area contributed by atoms with E-state index in [0.717, 1.165) is 30.8 Å². The van der Waals surface area contributed by atoms with Gasteiger partial charge in [-0.15, -0.1) is 0 Å². The van der Waals surface area contributed by atoms with Crippen LogP contribution in [0.3, 0.4) is 0 Å². The molecule has 3 aromatic rings. The van der Waals surface area contributed by atoms with Crippen molar-refractivity contribution in [3.05, 3.63) is 78.0 Å². The number of pyridine rings is 1. The molecule has 0 spiro atoms. The maximum absolute atomic E-state index is 10.6. The van der Waals surface area contributed by atoms with Crippen LogP contribution >= 0.6 is 0 Å². The van der Waals surface area contributed by atoms with E-state index < -0.39 is 6.10 Å². The number of aromatic nitrogens is 1. The number of benzene rings is 2. The summed E-state index contributed by atoms with van der Waals surface area (Å²) in [7, 11) is 0. The Morgan fingerprint density at radius 2 is 1.92 bits per heavy atom. The lowest BCUT2D eigenvalue weighted by molar-refractivity contribution is -0.0298. The highest BCUT2D eigenvalue weighted by molar-refractivity contribution is 5.81. The third kappa shape index (κ3) is 3.78. The highest BCUT2D eigenvalue weighted by Crippen LogP contribution is 2.25. The van der Waals surface area contributed by atoms with E-state index in [4.69, 9.17) is 4.74 Å². The molecule has 1 N–H and O–H groups in total. The van der Waals surface area contributed by atoms with Crippen LogP contribution in [0.1, 0.15) is 23.7 Å². The molecule has 4 rings (SSSR count). The number of hydrogen-bond donors (Lipinski definition) is 1. The smallest absolute Gasteiger partial charge is 0.0805 e. The quantitative estimate of drug-likeness (QED) is 0.766. The number of aliphatic hydroxyl groups excluding tert-OH is 1. The predicted octanol–water partition coefficient (Wildman–Crippen LogP) is 3.56. The SMILES string of the molecule is O[C@H](C[C@H]1COCCN1Cc1cccc2cccnc12)c1ccccc1. The monoisotopic (exact) mass is 348 g/mol. The largest absolute Gasteiger partial charge is 0.388 e. The topological polar surface area (TPSA) is 45.6 Å². The van der Waals surface area contributed by atoms with Crippen LogP contribution in [0, 0.1) is 0 Å². The van der Waals surface area contributed by atoms with Crippen molar-refractivity contribution in [3.8, 4) is 0 Å². The van der Waals surface area contributed by atoms with Gasteiger partial charge in [-0.3, -0.25) is 9.88 Å². The Labute approximate surface area is 154 Å². The molecule has 1 aliphatic heterocycles. The lowest BCUT2D eigenvalue weighted by atomic mass is 10.00. The maximum atomic E-state index is 10.6. The van der Waals surface area contributed by atoms with Gasteiger partial charge < -0.3 is 9.84 Å². The fourth-order valence-electron chi connectivity index (χ4n) is 3.70. The molecule has 0 amide bonds. The molecule has 2 aromatic carbocycles. The van der Waals surface area contributed by atoms with Gasteiger partial charge in [0.1, 0.15) is 0 Å². The van der Waals surface area contributed by atoms with E-state index in [2.05, 4.69) is 34.1 Å². The number of aliphatic hydroxyl groups is 1. The lowest BCUT2D eigenvalue weighted by Gasteiger charge is -2.36. The van der Waals surface area contributed by atoms with Crippen LogP contribution in [-0.4, -0.2) is 40.8 Å². The summed E-state index contributed by atoms with van der Waals surface area (Å²) in [5, 5.41) is 11.8. The molecule has 0 bridgehead atoms. The molecule has 1 saturated heterocycles. The van der Waals surface area contributed by atoms with Gasteiger partial charge in [-0.1, -0.05) is 54.6 Å². The van der Waals surface area contributed by atoms with E-state index in [1.54, 1.807) is 0 Å². The summed E-state index contributed by atoms with van der Waals surface area (Å²) >= 11 is 0. The van der Waals surface area contributed by atoms with E-state index in [-0.39, 0.29) is 6.04 Å². The summed E-state index contributed by atoms with van der Waals surface area (Å²) in [6.07, 6.45) is 2.04. The first-order valence-electron chi connectivity index (χ1n) is 9.19. The van der Waals surface area contributed by atoms with Gasteiger partial charge in [-0.2, -0.15) is 0 Å². The van der Waals surface area contributed by atoms with Crippen LogP contribution in [0.2, 0.25) is 0 Å². The number of morpholine rings is 1. The van der Waals surface area contributed by atoms with Crippen molar-refractivity contribution in [1.29, 1.82) is 0 Å². The van der Waals surface area contributed by atoms with Gasteiger partial charge in [0.2, 0.25) is 0 Å². The molecule has 0 radical (unpaired) electrons. The molecule has 4 heteroatoms. The van der Waals surface area contributed by atoms with E-state index >= 15 is 0 Å². The zero-order valence-corrected chi connectivity index (χ0v) is 14.8. The summed E-state index contributed by atoms with van der Waals surface area (Å²) in [5.41, 5.74) is 3.25. The highest BCUT2D eigenvalue weighted by atomic mass is 16.5. The second kappa shape index (κ2) is 7.96. The minimum Gasteiger partial charge on any atom is -0.388 e. The number of ether oxygens (including phenoxy) is 1. The molecule has 0 aliphatic carbocycles. The first-order valence-corrected chi connectivity index (χ1v) is 9.19. The molecular weight excluding hydrogens is 324 g/mol. The number of para-hydroxylation sites is 1. The fraction of sp³-hybridized carbons (Fsp3) is 0.318. The number of hydrogen-bond acceptors (Lipinski definition) is 4. The molecule has 26 heavy (non-hydrogen) atoms. The third-order valence-electron chi connectivity index (χ3n) is 5.12. The molecule has 2 heterocycles. The molecule has 1 aliphatic rings. The van der Waals surface area contributed by atoms with Gasteiger partial charge >= 0.3 is 0 Å². The van der Waals surface area contributed by atoms with Crippen molar-refractivity contribution in [2.45, 2.75) is 25.1 Å². The lowest BCUT2D eigenvalue weighted by Crippen LogP contribution is -2.45. The second-order valence-corrected chi connectivity index (χ2v) is 6.85. The van der Waals surface area contributed by atoms with Gasteiger partial charge in [0.25, 0.3) is 0 Å². The Hall–Kier alpha value is -2.27. The average molecular weight is 348 g/mol. The fourth-order valence-corrected chi connectivity index (χ4v) is 3.70. The molecule has 4 nitrogen and oxygen atoms in total. The van der Waals surface area contributed by atoms with Crippen LogP contribution < -0.4 is 0 Å². The minimum atomic E-state index is -0.476. The van der Waals surface area contributed by atoms with Gasteiger partial charge in [0.05, 0.1) is 24.8 Å². The summed E-state index contributed by atoms with van der Waals surface area (Å²) in [6, 6.07) is 20.5. The van der Waals surface area contributed by atoms with E-state index in [0.29, 0.717) is 13.0 Å². The molecular formula is C22H24N2O2. The van der Waals surface area contributed by atoms with E-state index in [1.807, 2.05) is 42.6 Å². The predicted molar refractivity (Wildman–Crippen MR) is 103 cm³/mol. The van der Waals surface area contributed by atoms with Crippen LogP contribution in [0.25, 0.3) is 10.9 Å². The Morgan fingerprint density at radius 1 is 1.08 bits per heavy atom. The minimum absolute atomic E-state index is 0.193. The first kappa shape index (κ1) is 17.2. The van der Waals surface area contributed by atoms with E-state index in [1.165, 1.54) is 10.9 Å². The van der Waals surface area contributed by atoms with Gasteiger partial charge in [-0.05, 0) is 23.6 Å². The zero-order chi connectivity index (χ0) is 17.8. The Kier molecular flexibility index (Phi) is 5.25. The number of rotatable bonds is 5. The normalized spacial score (nSPS) is 19.5. The zero-order valence-electron chi connectivity index (χ0n) is 14.8. The standard InChI is InChI=1S/C22H24N2O2/c25-21(17-6-2-1-3-7-17)14-20-16-26-13-12-24(20)15-19-9-4-8-18-10-5-11-23-22(18)19/h1-11,20-21,25H,12-16H2/t20-,21+/m0/s1. The molecule has 0 unspecified atom stereocenters. The van der Waals surface area contributed by atoms with Crippen molar-refractivity contribution >= 4 is 10.9 Å². The van der Waals surface area contributed by atoms with Crippen molar-refractivity contribution in [3.63, 3.8) is 0 Å². The Balaban J connectivity index is 1.52. The average Bonchev–Trinajstić information content (AvgIpc) is 2.70. The maximum Gasteiger partial charge on any atom is 0.0805 e. The Morgan fingerprint density at radius 3 is 2.81 bits per heavy atom. The van der Waals surface area contributed by atoms with Crippen LogP contribution in [0.5, 0.6) is 0 Å². The van der Waals surface area contributed by atoms with Gasteiger partial charge in [0, 0.05) is 30.7 Å². The van der Waals surface area contributed by atoms with Crippen LogP contribution in [0.4, 0.5) is 0 Å². The third-order valence-corrected chi connectivity index (χ3v) is 5.12. The van der Waals surface area contributed by atoms with Crippen LogP contribution in [-0.2, 0) is 11.3 Å². The Bertz CT molecular complexity index is 848. The van der Waals surface area contributed by atoms with E-state index in [9.17, 15) is 5.11 Å². The number of fused-ring (bicyclic) bond motifs is 1. The van der Waals surface area contributed by atoms with Crippen molar-refractivity contribution in [2.75, 3.05) is 19.8 Å². The van der Waals surface area contributed by atoms with Crippen molar-refractivity contribution in [1.82, 2.24) is 9.88 Å². The molecule has 134 valence electrons. The molecule has 1 fully saturated rings. The van der Waals surface area contributed by atoms with Gasteiger partial charge in [0.15, 0.2) is 0 Å². The van der Waals surface area contributed by atoms with Crippen molar-refractivity contribution < 1.29 is 9.84 Å².